The second-order valence-corrected chi connectivity index (χ2v) is 8.52. The van der Waals surface area contributed by atoms with Crippen molar-refractivity contribution < 1.29 is 22.5 Å². The molecule has 8 nitrogen and oxygen atoms in total. The second-order valence-electron chi connectivity index (χ2n) is 6.66. The van der Waals surface area contributed by atoms with E-state index in [1.165, 1.54) is 24.3 Å². The third-order valence-corrected chi connectivity index (χ3v) is 6.14. The number of nitro groups is 1. The van der Waals surface area contributed by atoms with Crippen molar-refractivity contribution in [2.24, 2.45) is 0 Å². The van der Waals surface area contributed by atoms with Crippen molar-refractivity contribution in [3.63, 3.8) is 0 Å². The number of nitrogens with one attached hydrogen (secondary N) is 1. The molecule has 1 N–H and O–H groups in total. The van der Waals surface area contributed by atoms with E-state index >= 15 is 0 Å². The first-order valence-corrected chi connectivity index (χ1v) is 10.5. The van der Waals surface area contributed by atoms with E-state index in [1.54, 1.807) is 24.3 Å². The highest BCUT2D eigenvalue weighted by atomic mass is 32.2. The van der Waals surface area contributed by atoms with Crippen LogP contribution in [0.2, 0.25) is 0 Å². The molecule has 1 amide bonds. The lowest BCUT2D eigenvalue weighted by Gasteiger charge is -2.24. The number of hydrogen-bond donors (Lipinski definition) is 1. The molecule has 3 rings (SSSR count). The zero-order valence-electron chi connectivity index (χ0n) is 16.4. The first-order chi connectivity index (χ1) is 14.7. The van der Waals surface area contributed by atoms with Crippen LogP contribution < -0.4 is 9.62 Å². The number of carbonyl (C=O) groups is 1. The molecule has 10 heteroatoms. The van der Waals surface area contributed by atoms with E-state index in [9.17, 15) is 27.7 Å². The van der Waals surface area contributed by atoms with Crippen molar-refractivity contribution in [3.8, 4) is 0 Å². The van der Waals surface area contributed by atoms with Crippen LogP contribution in [0.5, 0.6) is 0 Å². The Morgan fingerprint density at radius 3 is 2.32 bits per heavy atom. The topological polar surface area (TPSA) is 110 Å². The van der Waals surface area contributed by atoms with Crippen molar-refractivity contribution in [3.05, 3.63) is 94.3 Å². The van der Waals surface area contributed by atoms with Gasteiger partial charge in [-0.15, -0.1) is 0 Å². The van der Waals surface area contributed by atoms with Gasteiger partial charge in [0.2, 0.25) is 5.91 Å². The number of benzene rings is 3. The van der Waals surface area contributed by atoms with Gasteiger partial charge in [0.05, 0.1) is 15.5 Å². The number of amides is 1. The summed E-state index contributed by atoms with van der Waals surface area (Å²) in [5.74, 6) is -1.30. The summed E-state index contributed by atoms with van der Waals surface area (Å²) in [6.07, 6.45) is 0. The molecule has 0 aliphatic carbocycles. The van der Waals surface area contributed by atoms with Gasteiger partial charge >= 0.3 is 0 Å². The smallest absolute Gasteiger partial charge is 0.271 e. The van der Waals surface area contributed by atoms with E-state index in [4.69, 9.17) is 0 Å². The number of sulfonamides is 1. The normalized spacial score (nSPS) is 11.0. The zero-order chi connectivity index (χ0) is 22.6. The molecule has 0 bridgehead atoms. The van der Waals surface area contributed by atoms with Crippen LogP contribution in [0.15, 0.2) is 77.7 Å². The number of carbonyl (C=O) groups excluding carboxylic acids is 1. The fourth-order valence-electron chi connectivity index (χ4n) is 2.79. The largest absolute Gasteiger partial charge is 0.324 e. The van der Waals surface area contributed by atoms with Crippen LogP contribution in [0.3, 0.4) is 0 Å². The number of aryl methyl sites for hydroxylation is 1. The minimum atomic E-state index is -4.20. The Kier molecular flexibility index (Phi) is 6.30. The lowest BCUT2D eigenvalue weighted by molar-refractivity contribution is -0.384. The Bertz CT molecular complexity index is 1210. The number of nitrogens with zero attached hydrogens (tertiary/aromatic N) is 2. The standard InChI is InChI=1S/C21H18FN3O5S/c1-15-5-9-18(10-6-15)24(31(29,30)20-11-7-16(22)8-12-20)14-21(26)23-17-3-2-4-19(13-17)25(27)28/h2-13H,14H2,1H3,(H,23,26). The second kappa shape index (κ2) is 8.92. The molecule has 0 radical (unpaired) electrons. The number of anilines is 2. The van der Waals surface area contributed by atoms with Gasteiger partial charge in [0, 0.05) is 17.8 Å². The van der Waals surface area contributed by atoms with Gasteiger partial charge in [-0.25, -0.2) is 12.8 Å². The third-order valence-electron chi connectivity index (χ3n) is 4.35. The molecule has 0 unspecified atom stereocenters. The lowest BCUT2D eigenvalue weighted by Crippen LogP contribution is -2.38. The Labute approximate surface area is 178 Å². The van der Waals surface area contributed by atoms with Gasteiger partial charge < -0.3 is 5.32 Å². The third kappa shape index (κ3) is 5.23. The molecule has 31 heavy (non-hydrogen) atoms. The minimum absolute atomic E-state index is 0.155. The molecular formula is C21H18FN3O5S. The molecule has 0 fully saturated rings. The van der Waals surface area contributed by atoms with Gasteiger partial charge in [-0.1, -0.05) is 23.8 Å². The molecule has 0 aromatic heterocycles. The highest BCUT2D eigenvalue weighted by Gasteiger charge is 2.27. The van der Waals surface area contributed by atoms with E-state index in [2.05, 4.69) is 5.32 Å². The van der Waals surface area contributed by atoms with Crippen LogP contribution in [-0.4, -0.2) is 25.8 Å². The van der Waals surface area contributed by atoms with E-state index in [-0.39, 0.29) is 22.0 Å². The van der Waals surface area contributed by atoms with E-state index in [0.29, 0.717) is 0 Å². The number of rotatable bonds is 7. The fraction of sp³-hybridized carbons (Fsp3) is 0.0952. The zero-order valence-corrected chi connectivity index (χ0v) is 17.2. The molecular weight excluding hydrogens is 425 g/mol. The number of hydrogen-bond acceptors (Lipinski definition) is 5. The maximum atomic E-state index is 13.3. The summed E-state index contributed by atoms with van der Waals surface area (Å²) in [4.78, 5) is 22.8. The van der Waals surface area contributed by atoms with Gasteiger partial charge in [0.25, 0.3) is 15.7 Å². The summed E-state index contributed by atoms with van der Waals surface area (Å²) >= 11 is 0. The number of nitro benzene ring substituents is 1. The molecule has 0 aliphatic heterocycles. The predicted octanol–water partition coefficient (Wildman–Crippen LogP) is 3.88. The number of non-ortho nitro benzene ring substituents is 1. The summed E-state index contributed by atoms with van der Waals surface area (Å²) in [6, 6.07) is 16.1. The Balaban J connectivity index is 1.92. The highest BCUT2D eigenvalue weighted by molar-refractivity contribution is 7.92. The predicted molar refractivity (Wildman–Crippen MR) is 114 cm³/mol. The van der Waals surface area contributed by atoms with Crippen LogP contribution in [-0.2, 0) is 14.8 Å². The quantitative estimate of drug-likeness (QED) is 0.440. The summed E-state index contributed by atoms with van der Waals surface area (Å²) in [5.41, 5.74) is 1.07. The van der Waals surface area contributed by atoms with E-state index in [1.807, 2.05) is 6.92 Å². The van der Waals surface area contributed by atoms with Crippen LogP contribution in [0, 0.1) is 22.9 Å². The Hall–Kier alpha value is -3.79. The van der Waals surface area contributed by atoms with Crippen molar-refractivity contribution >= 4 is 33.0 Å². The van der Waals surface area contributed by atoms with Gasteiger partial charge in [-0.3, -0.25) is 19.2 Å². The van der Waals surface area contributed by atoms with Crippen LogP contribution in [0.1, 0.15) is 5.56 Å². The molecule has 0 atom stereocenters. The van der Waals surface area contributed by atoms with Crippen LogP contribution >= 0.6 is 0 Å². The SMILES string of the molecule is Cc1ccc(N(CC(=O)Nc2cccc([N+](=O)[O-])c2)S(=O)(=O)c2ccc(F)cc2)cc1. The molecule has 0 saturated heterocycles. The van der Waals surface area contributed by atoms with E-state index in [0.717, 1.165) is 34.1 Å². The molecule has 0 spiro atoms. The Morgan fingerprint density at radius 1 is 1.06 bits per heavy atom. The van der Waals surface area contributed by atoms with Gasteiger partial charge in [-0.05, 0) is 49.4 Å². The summed E-state index contributed by atoms with van der Waals surface area (Å²) in [5, 5.41) is 13.4. The highest BCUT2D eigenvalue weighted by Crippen LogP contribution is 2.25. The van der Waals surface area contributed by atoms with Crippen molar-refractivity contribution in [2.75, 3.05) is 16.2 Å². The first kappa shape index (κ1) is 21.9. The molecule has 3 aromatic rings. The molecule has 0 aliphatic rings. The lowest BCUT2D eigenvalue weighted by atomic mass is 10.2. The van der Waals surface area contributed by atoms with Crippen molar-refractivity contribution in [1.29, 1.82) is 0 Å². The molecule has 0 heterocycles. The van der Waals surface area contributed by atoms with Gasteiger partial charge in [0.1, 0.15) is 12.4 Å². The maximum Gasteiger partial charge on any atom is 0.271 e. The van der Waals surface area contributed by atoms with Gasteiger partial charge in [0.15, 0.2) is 0 Å². The van der Waals surface area contributed by atoms with Crippen molar-refractivity contribution in [2.45, 2.75) is 11.8 Å². The Morgan fingerprint density at radius 2 is 1.71 bits per heavy atom. The molecule has 0 saturated carbocycles. The van der Waals surface area contributed by atoms with Gasteiger partial charge in [-0.2, -0.15) is 0 Å². The van der Waals surface area contributed by atoms with E-state index < -0.39 is 33.2 Å². The monoisotopic (exact) mass is 443 g/mol. The summed E-state index contributed by atoms with van der Waals surface area (Å²) < 4.78 is 40.5. The minimum Gasteiger partial charge on any atom is -0.324 e. The average Bonchev–Trinajstić information content (AvgIpc) is 2.73. The number of halogens is 1. The first-order valence-electron chi connectivity index (χ1n) is 9.06. The maximum absolute atomic E-state index is 13.3. The molecule has 160 valence electrons. The fourth-order valence-corrected chi connectivity index (χ4v) is 4.21. The van der Waals surface area contributed by atoms with Crippen LogP contribution in [0.4, 0.5) is 21.5 Å². The summed E-state index contributed by atoms with van der Waals surface area (Å²) in [7, 11) is -4.20. The average molecular weight is 443 g/mol. The van der Waals surface area contributed by atoms with Crippen molar-refractivity contribution in [1.82, 2.24) is 0 Å². The van der Waals surface area contributed by atoms with Crippen LogP contribution in [0.25, 0.3) is 0 Å². The summed E-state index contributed by atoms with van der Waals surface area (Å²) in [6.45, 7) is 1.24. The molecule has 3 aromatic carbocycles.